The maximum absolute atomic E-state index is 12.8. The minimum atomic E-state index is -0.277. The summed E-state index contributed by atoms with van der Waals surface area (Å²) in [6.45, 7) is 7.95. The Bertz CT molecular complexity index is 940. The first-order valence-electron chi connectivity index (χ1n) is 10.5. The maximum atomic E-state index is 12.8. The van der Waals surface area contributed by atoms with Crippen LogP contribution in [0.5, 0.6) is 0 Å². The van der Waals surface area contributed by atoms with Crippen LogP contribution in [0.3, 0.4) is 0 Å². The number of ether oxygens (including phenoxy) is 1. The highest BCUT2D eigenvalue weighted by molar-refractivity contribution is 5.78. The average molecular weight is 413 g/mol. The van der Waals surface area contributed by atoms with Gasteiger partial charge in [0.05, 0.1) is 30.7 Å². The second-order valence-electron chi connectivity index (χ2n) is 8.58. The molecule has 3 aliphatic heterocycles. The smallest absolute Gasteiger partial charge is 0.230 e. The van der Waals surface area contributed by atoms with Crippen LogP contribution < -0.4 is 4.90 Å². The largest absolute Gasteiger partial charge is 0.376 e. The summed E-state index contributed by atoms with van der Waals surface area (Å²) in [6.07, 6.45) is 2.89. The van der Waals surface area contributed by atoms with E-state index in [0.717, 1.165) is 49.8 Å². The zero-order valence-corrected chi connectivity index (χ0v) is 17.5. The summed E-state index contributed by atoms with van der Waals surface area (Å²) >= 11 is 0. The molecule has 0 radical (unpaired) electrons. The Hall–Kier alpha value is -2.59. The van der Waals surface area contributed by atoms with Crippen molar-refractivity contribution in [2.45, 2.75) is 31.8 Å². The first kappa shape index (κ1) is 19.4. The van der Waals surface area contributed by atoms with Gasteiger partial charge in [-0.3, -0.25) is 4.79 Å². The van der Waals surface area contributed by atoms with E-state index in [-0.39, 0.29) is 17.7 Å². The summed E-state index contributed by atoms with van der Waals surface area (Å²) in [6, 6.07) is 0. The minimum Gasteiger partial charge on any atom is -0.376 e. The van der Waals surface area contributed by atoms with Crippen molar-refractivity contribution in [3.05, 3.63) is 29.2 Å². The molecule has 1 amide bonds. The molecule has 0 bridgehead atoms. The molecule has 160 valence electrons. The predicted molar refractivity (Wildman–Crippen MR) is 107 cm³/mol. The molecule has 2 aromatic heterocycles. The molecule has 0 aromatic carbocycles. The number of anilines is 1. The SMILES string of the molecule is Cc1nc(CC(=O)N2CC[C@@]3(COCc4cnc(N5CCN(C)CC5)nc43)C2)no1. The van der Waals surface area contributed by atoms with Gasteiger partial charge in [-0.25, -0.2) is 9.97 Å². The van der Waals surface area contributed by atoms with E-state index in [1.54, 1.807) is 6.92 Å². The fourth-order valence-electron chi connectivity index (χ4n) is 4.60. The lowest BCUT2D eigenvalue weighted by atomic mass is 9.80. The van der Waals surface area contributed by atoms with Gasteiger partial charge in [-0.2, -0.15) is 4.98 Å². The number of rotatable bonds is 3. The number of amides is 1. The molecule has 5 heterocycles. The van der Waals surface area contributed by atoms with Crippen LogP contribution in [0, 0.1) is 6.92 Å². The van der Waals surface area contributed by atoms with Gasteiger partial charge in [0.1, 0.15) is 0 Å². The van der Waals surface area contributed by atoms with Crippen molar-refractivity contribution in [2.75, 3.05) is 57.8 Å². The number of hydrogen-bond acceptors (Lipinski definition) is 9. The number of fused-ring (bicyclic) bond motifs is 2. The van der Waals surface area contributed by atoms with Crippen molar-refractivity contribution in [2.24, 2.45) is 0 Å². The summed E-state index contributed by atoms with van der Waals surface area (Å²) in [5.41, 5.74) is 1.80. The molecule has 10 heteroatoms. The summed E-state index contributed by atoms with van der Waals surface area (Å²) in [4.78, 5) is 33.1. The van der Waals surface area contributed by atoms with Crippen LogP contribution in [0.1, 0.15) is 29.4 Å². The highest BCUT2D eigenvalue weighted by Crippen LogP contribution is 2.39. The van der Waals surface area contributed by atoms with E-state index in [1.165, 1.54) is 0 Å². The fourth-order valence-corrected chi connectivity index (χ4v) is 4.60. The summed E-state index contributed by atoms with van der Waals surface area (Å²) < 4.78 is 10.9. The van der Waals surface area contributed by atoms with E-state index in [2.05, 4.69) is 32.0 Å². The molecule has 0 unspecified atom stereocenters. The molecule has 1 atom stereocenters. The Labute approximate surface area is 175 Å². The van der Waals surface area contributed by atoms with Gasteiger partial charge in [0.25, 0.3) is 0 Å². The molecule has 2 saturated heterocycles. The van der Waals surface area contributed by atoms with Crippen LogP contribution >= 0.6 is 0 Å². The number of hydrogen-bond donors (Lipinski definition) is 0. The molecule has 10 nitrogen and oxygen atoms in total. The number of piperazine rings is 1. The van der Waals surface area contributed by atoms with Gasteiger partial charge in [-0.05, 0) is 13.5 Å². The summed E-state index contributed by atoms with van der Waals surface area (Å²) in [7, 11) is 2.14. The maximum Gasteiger partial charge on any atom is 0.230 e. The zero-order chi connectivity index (χ0) is 20.7. The van der Waals surface area contributed by atoms with Crippen molar-refractivity contribution < 1.29 is 14.1 Å². The standard InChI is InChI=1S/C20H27N7O3/c1-14-22-16(24-30-14)9-17(28)27-4-3-20(12-27)13-29-11-15-10-21-19(23-18(15)20)26-7-5-25(2)6-8-26/h10H,3-9,11-13H2,1-2H3/t20-/m0/s1. The first-order valence-corrected chi connectivity index (χ1v) is 10.5. The Kier molecular flexibility index (Phi) is 4.90. The third-order valence-electron chi connectivity index (χ3n) is 6.36. The van der Waals surface area contributed by atoms with Crippen molar-refractivity contribution in [1.29, 1.82) is 0 Å². The Morgan fingerprint density at radius 1 is 1.20 bits per heavy atom. The van der Waals surface area contributed by atoms with E-state index in [1.807, 2.05) is 11.1 Å². The Morgan fingerprint density at radius 3 is 2.80 bits per heavy atom. The molecule has 5 rings (SSSR count). The van der Waals surface area contributed by atoms with Crippen LogP contribution in [0.4, 0.5) is 5.95 Å². The second-order valence-corrected chi connectivity index (χ2v) is 8.58. The minimum absolute atomic E-state index is 0.00754. The highest BCUT2D eigenvalue weighted by Gasteiger charge is 2.46. The van der Waals surface area contributed by atoms with Gasteiger partial charge in [-0.15, -0.1) is 0 Å². The molecule has 0 aliphatic carbocycles. The molecular formula is C20H27N7O3. The summed E-state index contributed by atoms with van der Waals surface area (Å²) in [5, 5.41) is 3.85. The highest BCUT2D eigenvalue weighted by atomic mass is 16.5. The molecule has 1 spiro atoms. The third-order valence-corrected chi connectivity index (χ3v) is 6.36. The Morgan fingerprint density at radius 2 is 2.03 bits per heavy atom. The van der Waals surface area contributed by atoms with Gasteiger partial charge in [-0.1, -0.05) is 5.16 Å². The number of aromatic nitrogens is 4. The van der Waals surface area contributed by atoms with E-state index in [4.69, 9.17) is 14.2 Å². The number of likely N-dealkylation sites (N-methyl/N-ethyl adjacent to an activating group) is 1. The fraction of sp³-hybridized carbons (Fsp3) is 0.650. The lowest BCUT2D eigenvalue weighted by Crippen LogP contribution is -2.46. The molecule has 2 fully saturated rings. The van der Waals surface area contributed by atoms with Gasteiger partial charge < -0.3 is 24.0 Å². The lowest BCUT2D eigenvalue weighted by molar-refractivity contribution is -0.130. The average Bonchev–Trinajstić information content (AvgIpc) is 3.36. The van der Waals surface area contributed by atoms with Crippen LogP contribution in [-0.4, -0.2) is 88.7 Å². The van der Waals surface area contributed by atoms with Crippen LogP contribution in [0.25, 0.3) is 0 Å². The van der Waals surface area contributed by atoms with Crippen molar-refractivity contribution >= 4 is 11.9 Å². The summed E-state index contributed by atoms with van der Waals surface area (Å²) in [5.74, 6) is 1.69. The zero-order valence-electron chi connectivity index (χ0n) is 17.5. The number of carbonyl (C=O) groups excluding carboxylic acids is 1. The molecule has 0 saturated carbocycles. The topological polar surface area (TPSA) is 101 Å². The normalized spacial score (nSPS) is 24.5. The van der Waals surface area contributed by atoms with Gasteiger partial charge in [0.15, 0.2) is 5.82 Å². The van der Waals surface area contributed by atoms with Crippen LogP contribution in [0.15, 0.2) is 10.7 Å². The predicted octanol–water partition coefficient (Wildman–Crippen LogP) is 0.163. The second kappa shape index (κ2) is 7.59. The van der Waals surface area contributed by atoms with Gasteiger partial charge in [0, 0.05) is 58.0 Å². The van der Waals surface area contributed by atoms with Crippen molar-refractivity contribution in [1.82, 2.24) is 29.9 Å². The third kappa shape index (κ3) is 3.54. The molecule has 2 aromatic rings. The number of carbonyl (C=O) groups is 1. The monoisotopic (exact) mass is 413 g/mol. The number of aryl methyl sites for hydroxylation is 1. The lowest BCUT2D eigenvalue weighted by Gasteiger charge is -2.36. The van der Waals surface area contributed by atoms with Crippen molar-refractivity contribution in [3.8, 4) is 0 Å². The quantitative estimate of drug-likeness (QED) is 0.696. The van der Waals surface area contributed by atoms with Crippen LogP contribution in [-0.2, 0) is 28.0 Å². The molecule has 0 N–H and O–H groups in total. The van der Waals surface area contributed by atoms with E-state index < -0.39 is 0 Å². The van der Waals surface area contributed by atoms with Gasteiger partial charge >= 0.3 is 0 Å². The van der Waals surface area contributed by atoms with E-state index >= 15 is 0 Å². The Balaban J connectivity index is 1.35. The molecule has 3 aliphatic rings. The van der Waals surface area contributed by atoms with Gasteiger partial charge in [0.2, 0.25) is 17.7 Å². The van der Waals surface area contributed by atoms with Crippen LogP contribution in [0.2, 0.25) is 0 Å². The van der Waals surface area contributed by atoms with E-state index in [0.29, 0.717) is 38.0 Å². The first-order chi connectivity index (χ1) is 14.5. The number of nitrogens with zero attached hydrogens (tertiary/aromatic N) is 7. The molecule has 30 heavy (non-hydrogen) atoms. The van der Waals surface area contributed by atoms with Crippen molar-refractivity contribution in [3.63, 3.8) is 0 Å². The molecular weight excluding hydrogens is 386 g/mol. The van der Waals surface area contributed by atoms with E-state index in [9.17, 15) is 4.79 Å². The number of likely N-dealkylation sites (tertiary alicyclic amines) is 1.